The predicted octanol–water partition coefficient (Wildman–Crippen LogP) is 3.00. The molecule has 1 saturated heterocycles. The van der Waals surface area contributed by atoms with Crippen molar-refractivity contribution in [1.29, 1.82) is 0 Å². The lowest BCUT2D eigenvalue weighted by Crippen LogP contribution is -2.47. The van der Waals surface area contributed by atoms with Crippen LogP contribution in [0.15, 0.2) is 24.3 Å². The van der Waals surface area contributed by atoms with Crippen LogP contribution in [0.25, 0.3) is 0 Å². The highest BCUT2D eigenvalue weighted by Crippen LogP contribution is 2.30. The molecule has 3 rings (SSSR count). The number of likely N-dealkylation sites (tertiary alicyclic amines) is 1. The van der Waals surface area contributed by atoms with Gasteiger partial charge in [0.05, 0.1) is 0 Å². The van der Waals surface area contributed by atoms with E-state index in [1.54, 1.807) is 0 Å². The van der Waals surface area contributed by atoms with Crippen LogP contribution in [0.3, 0.4) is 0 Å². The molecule has 1 aromatic carbocycles. The molecule has 4 heteroatoms. The Hall–Kier alpha value is -1.22. The van der Waals surface area contributed by atoms with Gasteiger partial charge in [0, 0.05) is 24.9 Å². The van der Waals surface area contributed by atoms with Crippen LogP contribution in [-0.2, 0) is 11.2 Å². The molecule has 2 heterocycles. The van der Waals surface area contributed by atoms with E-state index in [2.05, 4.69) is 0 Å². The molecule has 1 amide bonds. The number of hydrogen-bond donors (Lipinski definition) is 0. The number of rotatable bonds is 2. The van der Waals surface area contributed by atoms with Gasteiger partial charge >= 0.3 is 0 Å². The summed E-state index contributed by atoms with van der Waals surface area (Å²) < 4.78 is 5.82. The van der Waals surface area contributed by atoms with Gasteiger partial charge in [0.15, 0.2) is 6.10 Å². The molecule has 0 radical (unpaired) electrons. The molecule has 3 nitrogen and oxygen atoms in total. The van der Waals surface area contributed by atoms with Crippen LogP contribution in [0.5, 0.6) is 5.75 Å². The molecule has 108 valence electrons. The Morgan fingerprint density at radius 2 is 2.15 bits per heavy atom. The Kier molecular flexibility index (Phi) is 4.16. The molecular formula is C16H20ClNO2. The van der Waals surface area contributed by atoms with E-state index in [-0.39, 0.29) is 18.1 Å². The fourth-order valence-electron chi connectivity index (χ4n) is 3.13. The zero-order chi connectivity index (χ0) is 13.9. The second-order valence-electron chi connectivity index (χ2n) is 5.61. The van der Waals surface area contributed by atoms with E-state index < -0.39 is 0 Å². The van der Waals surface area contributed by atoms with E-state index in [0.717, 1.165) is 37.1 Å². The largest absolute Gasteiger partial charge is 0.480 e. The maximum atomic E-state index is 12.7. The van der Waals surface area contributed by atoms with E-state index in [1.807, 2.05) is 29.2 Å². The van der Waals surface area contributed by atoms with Crippen molar-refractivity contribution in [3.63, 3.8) is 0 Å². The van der Waals surface area contributed by atoms with Crippen LogP contribution in [-0.4, -0.2) is 35.4 Å². The lowest BCUT2D eigenvalue weighted by Gasteiger charge is -2.30. The topological polar surface area (TPSA) is 29.5 Å². The first-order valence-electron chi connectivity index (χ1n) is 7.40. The first-order chi connectivity index (χ1) is 9.79. The summed E-state index contributed by atoms with van der Waals surface area (Å²) in [6.45, 7) is 0.812. The molecule has 20 heavy (non-hydrogen) atoms. The minimum Gasteiger partial charge on any atom is -0.480 e. The molecular weight excluding hydrogens is 274 g/mol. The lowest BCUT2D eigenvalue weighted by molar-refractivity contribution is -0.139. The number of carbonyl (C=O) groups excluding carboxylic acids is 1. The zero-order valence-electron chi connectivity index (χ0n) is 11.6. The van der Waals surface area contributed by atoms with Crippen LogP contribution < -0.4 is 4.74 Å². The van der Waals surface area contributed by atoms with Crippen LogP contribution in [0.2, 0.25) is 0 Å². The smallest absolute Gasteiger partial charge is 0.264 e. The monoisotopic (exact) mass is 293 g/mol. The van der Waals surface area contributed by atoms with Gasteiger partial charge in [-0.2, -0.15) is 0 Å². The third-order valence-electron chi connectivity index (χ3n) is 4.26. The van der Waals surface area contributed by atoms with E-state index in [1.165, 1.54) is 6.42 Å². The van der Waals surface area contributed by atoms with Crippen molar-refractivity contribution in [2.75, 3.05) is 12.4 Å². The van der Waals surface area contributed by atoms with Crippen LogP contribution in [0.1, 0.15) is 31.2 Å². The molecule has 0 aromatic heterocycles. The van der Waals surface area contributed by atoms with Crippen molar-refractivity contribution in [2.45, 2.75) is 44.2 Å². The molecule has 2 unspecified atom stereocenters. The number of hydrogen-bond acceptors (Lipinski definition) is 2. The summed E-state index contributed by atoms with van der Waals surface area (Å²) in [7, 11) is 0. The van der Waals surface area contributed by atoms with Crippen molar-refractivity contribution in [1.82, 2.24) is 4.90 Å². The molecule has 0 saturated carbocycles. The van der Waals surface area contributed by atoms with Crippen molar-refractivity contribution in [3.05, 3.63) is 29.8 Å². The van der Waals surface area contributed by atoms with Gasteiger partial charge < -0.3 is 9.64 Å². The first-order valence-corrected chi connectivity index (χ1v) is 7.94. The number of carbonyl (C=O) groups is 1. The van der Waals surface area contributed by atoms with Gasteiger partial charge in [-0.3, -0.25) is 4.79 Å². The summed E-state index contributed by atoms with van der Waals surface area (Å²) in [4.78, 5) is 14.7. The summed E-state index contributed by atoms with van der Waals surface area (Å²) in [6, 6.07) is 8.06. The second-order valence-corrected chi connectivity index (χ2v) is 5.92. The lowest BCUT2D eigenvalue weighted by atomic mass is 10.1. The van der Waals surface area contributed by atoms with Crippen LogP contribution in [0, 0.1) is 0 Å². The highest BCUT2D eigenvalue weighted by Gasteiger charge is 2.35. The zero-order valence-corrected chi connectivity index (χ0v) is 12.3. The highest BCUT2D eigenvalue weighted by molar-refractivity contribution is 6.18. The molecule has 0 bridgehead atoms. The number of amides is 1. The molecule has 2 atom stereocenters. The number of halogens is 1. The highest BCUT2D eigenvalue weighted by atomic mass is 35.5. The van der Waals surface area contributed by atoms with Crippen molar-refractivity contribution >= 4 is 17.5 Å². The van der Waals surface area contributed by atoms with E-state index in [9.17, 15) is 4.79 Å². The molecule has 1 fully saturated rings. The third-order valence-corrected chi connectivity index (χ3v) is 4.62. The maximum Gasteiger partial charge on any atom is 0.264 e. The minimum absolute atomic E-state index is 0.105. The van der Waals surface area contributed by atoms with Gasteiger partial charge in [-0.25, -0.2) is 0 Å². The second kappa shape index (κ2) is 6.04. The number of nitrogens with zero attached hydrogens (tertiary/aromatic N) is 1. The van der Waals surface area contributed by atoms with Gasteiger partial charge in [-0.15, -0.1) is 11.6 Å². The van der Waals surface area contributed by atoms with Gasteiger partial charge in [-0.1, -0.05) is 31.0 Å². The Balaban J connectivity index is 1.73. The average molecular weight is 294 g/mol. The molecule has 0 aliphatic carbocycles. The van der Waals surface area contributed by atoms with Gasteiger partial charge in [0.2, 0.25) is 0 Å². The van der Waals surface area contributed by atoms with Gasteiger partial charge in [-0.05, 0) is 24.5 Å². The normalized spacial score (nSPS) is 25.8. The Labute approximate surface area is 124 Å². The number of benzene rings is 1. The summed E-state index contributed by atoms with van der Waals surface area (Å²) in [5, 5.41) is 0. The number of ether oxygens (including phenoxy) is 1. The van der Waals surface area contributed by atoms with E-state index in [4.69, 9.17) is 16.3 Å². The van der Waals surface area contributed by atoms with Crippen LogP contribution in [0.4, 0.5) is 0 Å². The molecule has 1 aromatic rings. The van der Waals surface area contributed by atoms with Crippen molar-refractivity contribution < 1.29 is 9.53 Å². The standard InChI is InChI=1S/C16H20ClNO2/c17-11-13-7-2-1-5-9-18(13)16(19)15-10-12-6-3-4-8-14(12)20-15/h3-4,6,8,13,15H,1-2,5,7,9-11H2. The molecule has 2 aliphatic heterocycles. The Bertz CT molecular complexity index is 466. The fraction of sp³-hybridized carbons (Fsp3) is 0.562. The summed E-state index contributed by atoms with van der Waals surface area (Å²) in [6.07, 6.45) is 4.74. The van der Waals surface area contributed by atoms with Crippen molar-refractivity contribution in [3.8, 4) is 5.75 Å². The van der Waals surface area contributed by atoms with Crippen LogP contribution >= 0.6 is 11.6 Å². The Morgan fingerprint density at radius 1 is 1.30 bits per heavy atom. The quantitative estimate of drug-likeness (QED) is 0.785. The maximum absolute atomic E-state index is 12.7. The third kappa shape index (κ3) is 2.64. The summed E-state index contributed by atoms with van der Waals surface area (Å²) >= 11 is 6.05. The number of alkyl halides is 1. The minimum atomic E-state index is -0.365. The fourth-order valence-corrected chi connectivity index (χ4v) is 3.45. The van der Waals surface area contributed by atoms with E-state index in [0.29, 0.717) is 12.3 Å². The van der Waals surface area contributed by atoms with Crippen molar-refractivity contribution in [2.24, 2.45) is 0 Å². The predicted molar refractivity (Wildman–Crippen MR) is 79.3 cm³/mol. The number of fused-ring (bicyclic) bond motifs is 1. The SMILES string of the molecule is O=C(C1Cc2ccccc2O1)N1CCCCCC1CCl. The molecule has 2 aliphatic rings. The first kappa shape index (κ1) is 13.7. The van der Waals surface area contributed by atoms with Gasteiger partial charge in [0.1, 0.15) is 5.75 Å². The van der Waals surface area contributed by atoms with Gasteiger partial charge in [0.25, 0.3) is 5.91 Å². The average Bonchev–Trinajstić information content (AvgIpc) is 2.77. The molecule has 0 N–H and O–H groups in total. The Morgan fingerprint density at radius 3 is 2.95 bits per heavy atom. The summed E-state index contributed by atoms with van der Waals surface area (Å²) in [5.41, 5.74) is 1.13. The summed E-state index contributed by atoms with van der Waals surface area (Å²) in [5.74, 6) is 1.47. The molecule has 0 spiro atoms. The number of para-hydroxylation sites is 1. The van der Waals surface area contributed by atoms with E-state index >= 15 is 0 Å².